The van der Waals surface area contributed by atoms with E-state index in [1.54, 1.807) is 30.3 Å². The standard InChI is InChI=1S/C26H26N2O3/c27-25(29)19-31-23-14-11-20(12-15-23)13-16-26(30)28-18-17-24(21-7-3-1-4-8-21)22-9-5-2-6-10-22/h1-16,24H,17-19H2,(H2,27,29)(H,28,30)/b16-13+. The molecule has 5 heteroatoms. The van der Waals surface area contributed by atoms with Crippen LogP contribution in [-0.4, -0.2) is 25.0 Å². The van der Waals surface area contributed by atoms with Gasteiger partial charge < -0.3 is 15.8 Å². The van der Waals surface area contributed by atoms with E-state index in [0.29, 0.717) is 12.3 Å². The fraction of sp³-hybridized carbons (Fsp3) is 0.154. The Labute approximate surface area is 182 Å². The van der Waals surface area contributed by atoms with Crippen LogP contribution in [-0.2, 0) is 9.59 Å². The molecule has 0 aromatic heterocycles. The van der Waals surface area contributed by atoms with Gasteiger partial charge in [-0.3, -0.25) is 9.59 Å². The smallest absolute Gasteiger partial charge is 0.255 e. The lowest BCUT2D eigenvalue weighted by molar-refractivity contribution is -0.120. The van der Waals surface area contributed by atoms with Gasteiger partial charge in [0.2, 0.25) is 5.91 Å². The van der Waals surface area contributed by atoms with Crippen molar-refractivity contribution in [1.29, 1.82) is 0 Å². The summed E-state index contributed by atoms with van der Waals surface area (Å²) in [4.78, 5) is 23.0. The summed E-state index contributed by atoms with van der Waals surface area (Å²) in [6.07, 6.45) is 4.05. The summed E-state index contributed by atoms with van der Waals surface area (Å²) < 4.78 is 5.22. The lowest BCUT2D eigenvalue weighted by atomic mass is 9.88. The molecule has 5 nitrogen and oxygen atoms in total. The Hall–Kier alpha value is -3.86. The van der Waals surface area contributed by atoms with Crippen LogP contribution in [0.25, 0.3) is 6.08 Å². The Balaban J connectivity index is 1.53. The molecule has 3 N–H and O–H groups in total. The Morgan fingerprint density at radius 3 is 2.00 bits per heavy atom. The molecule has 0 unspecified atom stereocenters. The highest BCUT2D eigenvalue weighted by atomic mass is 16.5. The zero-order valence-corrected chi connectivity index (χ0v) is 17.2. The molecule has 0 aliphatic rings. The summed E-state index contributed by atoms with van der Waals surface area (Å²) in [7, 11) is 0. The maximum atomic E-state index is 12.2. The van der Waals surface area contributed by atoms with Gasteiger partial charge in [-0.1, -0.05) is 72.8 Å². The van der Waals surface area contributed by atoms with Gasteiger partial charge in [0.15, 0.2) is 6.61 Å². The van der Waals surface area contributed by atoms with Gasteiger partial charge >= 0.3 is 0 Å². The number of hydrogen-bond donors (Lipinski definition) is 2. The van der Waals surface area contributed by atoms with Crippen LogP contribution in [0.15, 0.2) is 91.0 Å². The number of carbonyl (C=O) groups excluding carboxylic acids is 2. The maximum Gasteiger partial charge on any atom is 0.255 e. The highest BCUT2D eigenvalue weighted by Crippen LogP contribution is 2.27. The number of nitrogens with two attached hydrogens (primary N) is 1. The Kier molecular flexibility index (Phi) is 8.00. The molecule has 0 aliphatic heterocycles. The van der Waals surface area contributed by atoms with Crippen LogP contribution < -0.4 is 15.8 Å². The third-order valence-electron chi connectivity index (χ3n) is 4.82. The van der Waals surface area contributed by atoms with E-state index in [1.165, 1.54) is 17.2 Å². The Morgan fingerprint density at radius 2 is 1.45 bits per heavy atom. The van der Waals surface area contributed by atoms with E-state index in [2.05, 4.69) is 29.6 Å². The Bertz CT molecular complexity index is 960. The molecule has 0 radical (unpaired) electrons. The summed E-state index contributed by atoms with van der Waals surface area (Å²) in [5.74, 6) is 0.101. The zero-order chi connectivity index (χ0) is 21.9. The summed E-state index contributed by atoms with van der Waals surface area (Å²) in [5, 5.41) is 2.97. The van der Waals surface area contributed by atoms with Crippen molar-refractivity contribution in [1.82, 2.24) is 5.32 Å². The van der Waals surface area contributed by atoms with Crippen LogP contribution in [0.4, 0.5) is 0 Å². The molecule has 2 amide bonds. The van der Waals surface area contributed by atoms with E-state index < -0.39 is 5.91 Å². The summed E-state index contributed by atoms with van der Waals surface area (Å²) in [6, 6.07) is 27.7. The summed E-state index contributed by atoms with van der Waals surface area (Å²) in [6.45, 7) is 0.405. The number of primary amides is 1. The molecular weight excluding hydrogens is 388 g/mol. The van der Waals surface area contributed by atoms with Gasteiger partial charge in [-0.25, -0.2) is 0 Å². The van der Waals surface area contributed by atoms with Gasteiger partial charge in [0.25, 0.3) is 5.91 Å². The molecule has 0 atom stereocenters. The normalized spacial score (nSPS) is 10.9. The molecule has 3 aromatic rings. The minimum absolute atomic E-state index is 0.145. The van der Waals surface area contributed by atoms with E-state index in [9.17, 15) is 9.59 Å². The van der Waals surface area contributed by atoms with Crippen LogP contribution in [0.2, 0.25) is 0 Å². The highest BCUT2D eigenvalue weighted by Gasteiger charge is 2.13. The van der Waals surface area contributed by atoms with E-state index in [0.717, 1.165) is 12.0 Å². The fourth-order valence-corrected chi connectivity index (χ4v) is 3.30. The predicted molar refractivity (Wildman–Crippen MR) is 123 cm³/mol. The molecule has 3 aromatic carbocycles. The SMILES string of the molecule is NC(=O)COc1ccc(/C=C/C(=O)NCCC(c2ccccc2)c2ccccc2)cc1. The molecule has 0 heterocycles. The van der Waals surface area contributed by atoms with E-state index >= 15 is 0 Å². The zero-order valence-electron chi connectivity index (χ0n) is 17.2. The van der Waals surface area contributed by atoms with Crippen LogP contribution in [0.3, 0.4) is 0 Å². The fourth-order valence-electron chi connectivity index (χ4n) is 3.30. The van der Waals surface area contributed by atoms with Crippen LogP contribution in [0.5, 0.6) is 5.75 Å². The van der Waals surface area contributed by atoms with Crippen LogP contribution >= 0.6 is 0 Å². The van der Waals surface area contributed by atoms with Gasteiger partial charge in [-0.05, 0) is 41.3 Å². The first-order chi connectivity index (χ1) is 15.1. The number of rotatable bonds is 10. The van der Waals surface area contributed by atoms with Crippen molar-refractivity contribution in [3.63, 3.8) is 0 Å². The van der Waals surface area contributed by atoms with Crippen molar-refractivity contribution >= 4 is 17.9 Å². The first-order valence-corrected chi connectivity index (χ1v) is 10.2. The number of ether oxygens (including phenoxy) is 1. The van der Waals surface area contributed by atoms with Crippen molar-refractivity contribution in [3.8, 4) is 5.75 Å². The number of hydrogen-bond acceptors (Lipinski definition) is 3. The molecule has 0 saturated heterocycles. The minimum atomic E-state index is -0.526. The molecule has 0 fully saturated rings. The average Bonchev–Trinajstić information content (AvgIpc) is 2.81. The lowest BCUT2D eigenvalue weighted by Gasteiger charge is -2.18. The third-order valence-corrected chi connectivity index (χ3v) is 4.82. The molecule has 0 aliphatic carbocycles. The van der Waals surface area contributed by atoms with Gasteiger partial charge in [-0.15, -0.1) is 0 Å². The van der Waals surface area contributed by atoms with E-state index in [4.69, 9.17) is 10.5 Å². The topological polar surface area (TPSA) is 81.4 Å². The molecular formula is C26H26N2O3. The quantitative estimate of drug-likeness (QED) is 0.494. The monoisotopic (exact) mass is 414 g/mol. The maximum absolute atomic E-state index is 12.2. The molecule has 158 valence electrons. The summed E-state index contributed by atoms with van der Waals surface area (Å²) >= 11 is 0. The average molecular weight is 415 g/mol. The first-order valence-electron chi connectivity index (χ1n) is 10.2. The first kappa shape index (κ1) is 21.8. The number of carbonyl (C=O) groups is 2. The second-order valence-electron chi connectivity index (χ2n) is 7.11. The summed E-state index contributed by atoms with van der Waals surface area (Å²) in [5.41, 5.74) is 8.38. The van der Waals surface area contributed by atoms with Crippen molar-refractivity contribution in [2.24, 2.45) is 5.73 Å². The molecule has 31 heavy (non-hydrogen) atoms. The van der Waals surface area contributed by atoms with Crippen LogP contribution in [0.1, 0.15) is 29.0 Å². The number of nitrogens with one attached hydrogen (secondary N) is 1. The van der Waals surface area contributed by atoms with Crippen molar-refractivity contribution in [2.45, 2.75) is 12.3 Å². The molecule has 0 saturated carbocycles. The number of benzene rings is 3. The Morgan fingerprint density at radius 1 is 0.871 bits per heavy atom. The van der Waals surface area contributed by atoms with Gasteiger partial charge in [0, 0.05) is 18.5 Å². The van der Waals surface area contributed by atoms with Gasteiger partial charge in [-0.2, -0.15) is 0 Å². The van der Waals surface area contributed by atoms with Crippen molar-refractivity contribution in [3.05, 3.63) is 108 Å². The van der Waals surface area contributed by atoms with Crippen molar-refractivity contribution in [2.75, 3.05) is 13.2 Å². The number of amides is 2. The largest absolute Gasteiger partial charge is 0.484 e. The van der Waals surface area contributed by atoms with E-state index in [-0.39, 0.29) is 18.4 Å². The van der Waals surface area contributed by atoms with Crippen LogP contribution in [0, 0.1) is 0 Å². The molecule has 3 rings (SSSR count). The molecule has 0 spiro atoms. The second kappa shape index (κ2) is 11.4. The lowest BCUT2D eigenvalue weighted by Crippen LogP contribution is -2.23. The molecule has 0 bridgehead atoms. The van der Waals surface area contributed by atoms with E-state index in [1.807, 2.05) is 36.4 Å². The van der Waals surface area contributed by atoms with Gasteiger partial charge in [0.1, 0.15) is 5.75 Å². The third kappa shape index (κ3) is 7.16. The van der Waals surface area contributed by atoms with Gasteiger partial charge in [0.05, 0.1) is 0 Å². The predicted octanol–water partition coefficient (Wildman–Crippen LogP) is 3.90. The van der Waals surface area contributed by atoms with Crippen molar-refractivity contribution < 1.29 is 14.3 Å². The minimum Gasteiger partial charge on any atom is -0.484 e. The highest BCUT2D eigenvalue weighted by molar-refractivity contribution is 5.91. The second-order valence-corrected chi connectivity index (χ2v) is 7.11.